The molecule has 1 atom stereocenters. The van der Waals surface area contributed by atoms with Crippen LogP contribution >= 0.6 is 0 Å². The van der Waals surface area contributed by atoms with Crippen molar-refractivity contribution in [3.8, 4) is 0 Å². The average Bonchev–Trinajstić information content (AvgIpc) is 2.67. The molecular weight excluding hydrogens is 178 g/mol. The van der Waals surface area contributed by atoms with Crippen LogP contribution in [0.1, 0.15) is 12.8 Å². The number of hydrogen-bond acceptors (Lipinski definition) is 4. The zero-order valence-corrected chi connectivity index (χ0v) is 8.07. The molecule has 1 aliphatic heterocycles. The summed E-state index contributed by atoms with van der Waals surface area (Å²) < 4.78 is 5.48. The standard InChI is InChI=1S/C10H15N3O/c11-9-4-1-5-10(13-9)12-7-8-3-2-6-14-8/h1,4-5,8H,2-3,6-7H2,(H3,11,12,13). The van der Waals surface area contributed by atoms with E-state index < -0.39 is 0 Å². The Labute approximate surface area is 83.5 Å². The van der Waals surface area contributed by atoms with E-state index in [9.17, 15) is 0 Å². The number of pyridine rings is 1. The van der Waals surface area contributed by atoms with E-state index in [1.807, 2.05) is 12.1 Å². The van der Waals surface area contributed by atoms with Crippen molar-refractivity contribution < 1.29 is 4.74 Å². The van der Waals surface area contributed by atoms with Crippen LogP contribution in [0.5, 0.6) is 0 Å². The summed E-state index contributed by atoms with van der Waals surface area (Å²) in [5.74, 6) is 1.36. The Morgan fingerprint density at radius 3 is 3.21 bits per heavy atom. The summed E-state index contributed by atoms with van der Waals surface area (Å²) in [7, 11) is 0. The number of hydrogen-bond donors (Lipinski definition) is 2. The summed E-state index contributed by atoms with van der Waals surface area (Å²) >= 11 is 0. The molecule has 2 rings (SSSR count). The first-order valence-corrected chi connectivity index (χ1v) is 4.92. The van der Waals surface area contributed by atoms with E-state index in [0.29, 0.717) is 11.9 Å². The molecule has 1 aliphatic rings. The number of nitrogen functional groups attached to an aromatic ring is 1. The highest BCUT2D eigenvalue weighted by Gasteiger charge is 2.14. The van der Waals surface area contributed by atoms with Crippen LogP contribution in [-0.4, -0.2) is 24.2 Å². The van der Waals surface area contributed by atoms with Gasteiger partial charge in [-0.05, 0) is 25.0 Å². The number of anilines is 2. The molecular formula is C10H15N3O. The molecule has 0 radical (unpaired) electrons. The van der Waals surface area contributed by atoms with E-state index in [1.165, 1.54) is 0 Å². The van der Waals surface area contributed by atoms with Gasteiger partial charge in [0.25, 0.3) is 0 Å². The van der Waals surface area contributed by atoms with Gasteiger partial charge in [0.15, 0.2) is 0 Å². The van der Waals surface area contributed by atoms with Crippen molar-refractivity contribution in [1.82, 2.24) is 4.98 Å². The Morgan fingerprint density at radius 2 is 2.50 bits per heavy atom. The first-order valence-electron chi connectivity index (χ1n) is 4.92. The summed E-state index contributed by atoms with van der Waals surface area (Å²) in [5.41, 5.74) is 5.56. The molecule has 1 aromatic heterocycles. The predicted octanol–water partition coefficient (Wildman–Crippen LogP) is 1.25. The molecule has 14 heavy (non-hydrogen) atoms. The summed E-state index contributed by atoms with van der Waals surface area (Å²) in [6.07, 6.45) is 2.63. The van der Waals surface area contributed by atoms with Gasteiger partial charge in [-0.2, -0.15) is 0 Å². The third-order valence-corrected chi connectivity index (χ3v) is 2.31. The molecule has 1 saturated heterocycles. The SMILES string of the molecule is Nc1cccc(NCC2CCCO2)n1. The molecule has 0 spiro atoms. The maximum atomic E-state index is 5.56. The highest BCUT2D eigenvalue weighted by atomic mass is 16.5. The molecule has 0 saturated carbocycles. The minimum atomic E-state index is 0.332. The van der Waals surface area contributed by atoms with Crippen molar-refractivity contribution in [2.45, 2.75) is 18.9 Å². The maximum absolute atomic E-state index is 5.56. The minimum absolute atomic E-state index is 0.332. The highest BCUT2D eigenvalue weighted by molar-refractivity contribution is 5.42. The molecule has 2 heterocycles. The quantitative estimate of drug-likeness (QED) is 0.758. The zero-order valence-electron chi connectivity index (χ0n) is 8.07. The van der Waals surface area contributed by atoms with E-state index in [0.717, 1.165) is 31.8 Å². The van der Waals surface area contributed by atoms with Gasteiger partial charge in [0.2, 0.25) is 0 Å². The number of rotatable bonds is 3. The van der Waals surface area contributed by atoms with E-state index in [1.54, 1.807) is 6.07 Å². The normalized spacial score (nSPS) is 21.0. The Kier molecular flexibility index (Phi) is 2.84. The Hall–Kier alpha value is -1.29. The van der Waals surface area contributed by atoms with Crippen LogP contribution in [0, 0.1) is 0 Å². The Balaban J connectivity index is 1.85. The van der Waals surface area contributed by atoms with Gasteiger partial charge in [0, 0.05) is 13.2 Å². The monoisotopic (exact) mass is 193 g/mol. The number of nitrogens with zero attached hydrogens (tertiary/aromatic N) is 1. The Morgan fingerprint density at radius 1 is 1.57 bits per heavy atom. The van der Waals surface area contributed by atoms with Crippen LogP contribution in [0.3, 0.4) is 0 Å². The second-order valence-electron chi connectivity index (χ2n) is 3.46. The molecule has 76 valence electrons. The summed E-state index contributed by atoms with van der Waals surface area (Å²) in [5, 5.41) is 3.21. The molecule has 3 N–H and O–H groups in total. The van der Waals surface area contributed by atoms with Crippen molar-refractivity contribution in [2.24, 2.45) is 0 Å². The van der Waals surface area contributed by atoms with Gasteiger partial charge in [-0.3, -0.25) is 0 Å². The maximum Gasteiger partial charge on any atom is 0.128 e. The van der Waals surface area contributed by atoms with Crippen LogP contribution in [0.2, 0.25) is 0 Å². The van der Waals surface area contributed by atoms with Crippen molar-refractivity contribution in [3.05, 3.63) is 18.2 Å². The van der Waals surface area contributed by atoms with Gasteiger partial charge in [0.05, 0.1) is 6.10 Å². The molecule has 4 heteroatoms. The molecule has 1 fully saturated rings. The van der Waals surface area contributed by atoms with Gasteiger partial charge >= 0.3 is 0 Å². The smallest absolute Gasteiger partial charge is 0.128 e. The van der Waals surface area contributed by atoms with Crippen molar-refractivity contribution in [1.29, 1.82) is 0 Å². The molecule has 0 bridgehead atoms. The third-order valence-electron chi connectivity index (χ3n) is 2.31. The molecule has 1 aromatic rings. The van der Waals surface area contributed by atoms with Crippen LogP contribution in [0.4, 0.5) is 11.6 Å². The summed E-state index contributed by atoms with van der Waals surface area (Å²) in [4.78, 5) is 4.15. The van der Waals surface area contributed by atoms with Gasteiger partial charge in [0.1, 0.15) is 11.6 Å². The summed E-state index contributed by atoms with van der Waals surface area (Å²) in [6.45, 7) is 1.70. The fourth-order valence-electron chi connectivity index (χ4n) is 1.57. The van der Waals surface area contributed by atoms with E-state index in [4.69, 9.17) is 10.5 Å². The largest absolute Gasteiger partial charge is 0.384 e. The van der Waals surface area contributed by atoms with Crippen LogP contribution in [0.25, 0.3) is 0 Å². The number of aromatic nitrogens is 1. The highest BCUT2D eigenvalue weighted by Crippen LogP contribution is 2.13. The molecule has 0 aromatic carbocycles. The number of ether oxygens (including phenoxy) is 1. The lowest BCUT2D eigenvalue weighted by molar-refractivity contribution is 0.120. The lowest BCUT2D eigenvalue weighted by atomic mass is 10.2. The third kappa shape index (κ3) is 2.35. The predicted molar refractivity (Wildman–Crippen MR) is 56.1 cm³/mol. The first-order chi connectivity index (χ1) is 6.84. The molecule has 0 aliphatic carbocycles. The van der Waals surface area contributed by atoms with Crippen LogP contribution < -0.4 is 11.1 Å². The number of nitrogens with two attached hydrogens (primary N) is 1. The number of nitrogens with one attached hydrogen (secondary N) is 1. The van der Waals surface area contributed by atoms with E-state index in [-0.39, 0.29) is 0 Å². The van der Waals surface area contributed by atoms with Crippen molar-refractivity contribution >= 4 is 11.6 Å². The van der Waals surface area contributed by atoms with Crippen molar-refractivity contribution in [2.75, 3.05) is 24.2 Å². The van der Waals surface area contributed by atoms with Gasteiger partial charge in [-0.25, -0.2) is 4.98 Å². The van der Waals surface area contributed by atoms with Crippen LogP contribution in [0.15, 0.2) is 18.2 Å². The topological polar surface area (TPSA) is 60.2 Å². The minimum Gasteiger partial charge on any atom is -0.384 e. The van der Waals surface area contributed by atoms with E-state index in [2.05, 4.69) is 10.3 Å². The van der Waals surface area contributed by atoms with Gasteiger partial charge < -0.3 is 15.8 Å². The zero-order chi connectivity index (χ0) is 9.80. The van der Waals surface area contributed by atoms with Crippen molar-refractivity contribution in [3.63, 3.8) is 0 Å². The van der Waals surface area contributed by atoms with Crippen LogP contribution in [-0.2, 0) is 4.74 Å². The average molecular weight is 193 g/mol. The molecule has 1 unspecified atom stereocenters. The second-order valence-corrected chi connectivity index (χ2v) is 3.46. The van der Waals surface area contributed by atoms with Gasteiger partial charge in [-0.15, -0.1) is 0 Å². The Bertz CT molecular complexity index is 297. The molecule has 4 nitrogen and oxygen atoms in total. The lowest BCUT2D eigenvalue weighted by Crippen LogP contribution is -2.18. The van der Waals surface area contributed by atoms with E-state index >= 15 is 0 Å². The fraction of sp³-hybridized carbons (Fsp3) is 0.500. The first kappa shape index (κ1) is 9.27. The second kappa shape index (κ2) is 4.28. The fourth-order valence-corrected chi connectivity index (χ4v) is 1.57. The lowest BCUT2D eigenvalue weighted by Gasteiger charge is -2.11. The molecule has 0 amide bonds. The summed E-state index contributed by atoms with van der Waals surface area (Å²) in [6, 6.07) is 5.57. The van der Waals surface area contributed by atoms with Gasteiger partial charge in [-0.1, -0.05) is 6.07 Å².